The van der Waals surface area contributed by atoms with Crippen molar-refractivity contribution in [2.45, 2.75) is 50.7 Å². The Morgan fingerprint density at radius 2 is 2.21 bits per heavy atom. The monoisotopic (exact) mass is 345 g/mol. The third-order valence-corrected chi connectivity index (χ3v) is 6.54. The number of rotatable bonds is 5. The van der Waals surface area contributed by atoms with E-state index in [0.29, 0.717) is 6.04 Å². The van der Waals surface area contributed by atoms with Gasteiger partial charge in [0.1, 0.15) is 0 Å². The Bertz CT molecular complexity index is 399. The van der Waals surface area contributed by atoms with Gasteiger partial charge in [0.05, 0.1) is 5.60 Å². The zero-order chi connectivity index (χ0) is 13.9. The first-order valence-electron chi connectivity index (χ1n) is 7.05. The van der Waals surface area contributed by atoms with Gasteiger partial charge in [0, 0.05) is 28.9 Å². The maximum absolute atomic E-state index is 6.00. The van der Waals surface area contributed by atoms with Crippen LogP contribution < -0.4 is 5.32 Å². The van der Waals surface area contributed by atoms with E-state index in [0.717, 1.165) is 12.3 Å². The smallest absolute Gasteiger partial charge is 0.0834 e. The number of hydrogen-bond acceptors (Lipinski definition) is 3. The number of ether oxygens (including phenoxy) is 1. The lowest BCUT2D eigenvalue weighted by molar-refractivity contribution is -0.0729. The van der Waals surface area contributed by atoms with Crippen molar-refractivity contribution >= 4 is 27.3 Å². The molecule has 1 saturated carbocycles. The van der Waals surface area contributed by atoms with E-state index in [1.807, 2.05) is 18.4 Å². The minimum atomic E-state index is 0.00465. The van der Waals surface area contributed by atoms with E-state index < -0.39 is 0 Å². The number of hydrogen-bond donors (Lipinski definition) is 1. The normalized spacial score (nSPS) is 29.4. The van der Waals surface area contributed by atoms with Crippen LogP contribution in [-0.2, 0) is 11.2 Å². The summed E-state index contributed by atoms with van der Waals surface area (Å²) in [5.74, 6) is 0.842. The Kier molecular flexibility index (Phi) is 5.46. The Morgan fingerprint density at radius 3 is 2.68 bits per heavy atom. The SMILES string of the molecule is CNC(Cc1sccc1Br)C1(OC)CCC(C)CC1. The molecule has 1 aliphatic rings. The molecule has 0 aromatic carbocycles. The van der Waals surface area contributed by atoms with Gasteiger partial charge >= 0.3 is 0 Å². The number of likely N-dealkylation sites (N-methyl/N-ethyl adjacent to an activating group) is 1. The molecule has 2 rings (SSSR count). The fourth-order valence-electron chi connectivity index (χ4n) is 3.15. The molecule has 0 radical (unpaired) electrons. The Hall–Kier alpha value is 0.1000. The van der Waals surface area contributed by atoms with Gasteiger partial charge in [0.15, 0.2) is 0 Å². The largest absolute Gasteiger partial charge is 0.377 e. The minimum Gasteiger partial charge on any atom is -0.377 e. The van der Waals surface area contributed by atoms with E-state index in [9.17, 15) is 0 Å². The van der Waals surface area contributed by atoms with Crippen molar-refractivity contribution < 1.29 is 4.74 Å². The summed E-state index contributed by atoms with van der Waals surface area (Å²) in [4.78, 5) is 1.41. The highest BCUT2D eigenvalue weighted by molar-refractivity contribution is 9.10. The molecule has 1 heterocycles. The van der Waals surface area contributed by atoms with Gasteiger partial charge in [-0.2, -0.15) is 0 Å². The third kappa shape index (κ3) is 3.41. The minimum absolute atomic E-state index is 0.00465. The van der Waals surface area contributed by atoms with Crippen LogP contribution in [0.15, 0.2) is 15.9 Å². The first-order valence-corrected chi connectivity index (χ1v) is 8.73. The molecular formula is C15H24BrNOS. The summed E-state index contributed by atoms with van der Waals surface area (Å²) in [6.45, 7) is 2.35. The maximum atomic E-state index is 6.00. The van der Waals surface area contributed by atoms with Crippen molar-refractivity contribution in [1.29, 1.82) is 0 Å². The quantitative estimate of drug-likeness (QED) is 0.861. The lowest BCUT2D eigenvalue weighted by Gasteiger charge is -2.44. The van der Waals surface area contributed by atoms with Crippen molar-refractivity contribution in [3.05, 3.63) is 20.8 Å². The van der Waals surface area contributed by atoms with Crippen molar-refractivity contribution in [2.24, 2.45) is 5.92 Å². The van der Waals surface area contributed by atoms with Crippen LogP contribution in [0.4, 0.5) is 0 Å². The lowest BCUT2D eigenvalue weighted by atomic mass is 9.74. The molecule has 1 aromatic heterocycles. The zero-order valence-electron chi connectivity index (χ0n) is 12.0. The molecule has 0 saturated heterocycles. The van der Waals surface area contributed by atoms with E-state index in [-0.39, 0.29) is 5.60 Å². The molecule has 1 atom stereocenters. The van der Waals surface area contributed by atoms with E-state index in [1.165, 1.54) is 35.0 Å². The summed E-state index contributed by atoms with van der Waals surface area (Å²) in [6.07, 6.45) is 5.92. The van der Waals surface area contributed by atoms with E-state index in [1.54, 1.807) is 0 Å². The van der Waals surface area contributed by atoms with E-state index in [2.05, 4.69) is 46.7 Å². The van der Waals surface area contributed by atoms with Gasteiger partial charge < -0.3 is 10.1 Å². The molecule has 4 heteroatoms. The summed E-state index contributed by atoms with van der Waals surface area (Å²) in [5, 5.41) is 5.65. The summed E-state index contributed by atoms with van der Waals surface area (Å²) in [5.41, 5.74) is 0.00465. The lowest BCUT2D eigenvalue weighted by Crippen LogP contribution is -2.53. The van der Waals surface area contributed by atoms with Crippen molar-refractivity contribution in [3.8, 4) is 0 Å². The summed E-state index contributed by atoms with van der Waals surface area (Å²) >= 11 is 5.46. The molecule has 0 aliphatic heterocycles. The van der Waals surface area contributed by atoms with Crippen LogP contribution in [0.2, 0.25) is 0 Å². The second-order valence-electron chi connectivity index (χ2n) is 5.69. The number of thiophene rings is 1. The van der Waals surface area contributed by atoms with Gasteiger partial charge in [-0.05, 0) is 66.0 Å². The molecule has 1 aliphatic carbocycles. The van der Waals surface area contributed by atoms with Crippen LogP contribution in [0.1, 0.15) is 37.5 Å². The first kappa shape index (κ1) is 15.5. The van der Waals surface area contributed by atoms with Gasteiger partial charge in [-0.15, -0.1) is 11.3 Å². The maximum Gasteiger partial charge on any atom is 0.0834 e. The van der Waals surface area contributed by atoms with Crippen molar-refractivity contribution in [3.63, 3.8) is 0 Å². The van der Waals surface area contributed by atoms with Crippen LogP contribution >= 0.6 is 27.3 Å². The molecule has 0 amide bonds. The fourth-order valence-corrected chi connectivity index (χ4v) is 4.71. The number of halogens is 1. The van der Waals surface area contributed by atoms with Gasteiger partial charge in [0.25, 0.3) is 0 Å². The molecule has 1 N–H and O–H groups in total. The summed E-state index contributed by atoms with van der Waals surface area (Å²) in [6, 6.07) is 2.52. The van der Waals surface area contributed by atoms with Crippen LogP contribution in [0.5, 0.6) is 0 Å². The number of methoxy groups -OCH3 is 1. The van der Waals surface area contributed by atoms with E-state index >= 15 is 0 Å². The van der Waals surface area contributed by atoms with Crippen LogP contribution in [0, 0.1) is 5.92 Å². The van der Waals surface area contributed by atoms with Crippen molar-refractivity contribution in [2.75, 3.05) is 14.2 Å². The van der Waals surface area contributed by atoms with Gasteiger partial charge in [0.2, 0.25) is 0 Å². The third-order valence-electron chi connectivity index (χ3n) is 4.59. The molecule has 0 bridgehead atoms. The summed E-state index contributed by atoms with van der Waals surface area (Å²) in [7, 11) is 3.94. The molecule has 2 nitrogen and oxygen atoms in total. The molecule has 0 spiro atoms. The molecule has 1 unspecified atom stereocenters. The Labute approximate surface area is 129 Å². The zero-order valence-corrected chi connectivity index (χ0v) is 14.4. The highest BCUT2D eigenvalue weighted by Gasteiger charge is 2.41. The Morgan fingerprint density at radius 1 is 1.53 bits per heavy atom. The van der Waals surface area contributed by atoms with Crippen LogP contribution in [0.3, 0.4) is 0 Å². The Balaban J connectivity index is 2.12. The molecule has 108 valence electrons. The first-order chi connectivity index (χ1) is 9.11. The highest BCUT2D eigenvalue weighted by atomic mass is 79.9. The standard InChI is InChI=1S/C15H24BrNOS/c1-11-4-7-15(18-3,8-5-11)14(17-2)10-13-12(16)6-9-19-13/h6,9,11,14,17H,4-5,7-8,10H2,1-3H3. The van der Waals surface area contributed by atoms with Crippen LogP contribution in [0.25, 0.3) is 0 Å². The van der Waals surface area contributed by atoms with E-state index in [4.69, 9.17) is 4.74 Å². The predicted octanol–water partition coefficient (Wildman–Crippen LogP) is 4.24. The molecule has 1 aromatic rings. The highest BCUT2D eigenvalue weighted by Crippen LogP contribution is 2.38. The second kappa shape index (κ2) is 6.70. The predicted molar refractivity (Wildman–Crippen MR) is 85.9 cm³/mol. The average molecular weight is 346 g/mol. The average Bonchev–Trinajstić information content (AvgIpc) is 2.83. The summed E-state index contributed by atoms with van der Waals surface area (Å²) < 4.78 is 7.23. The fraction of sp³-hybridized carbons (Fsp3) is 0.733. The van der Waals surface area contributed by atoms with Gasteiger partial charge in [-0.1, -0.05) is 6.92 Å². The molecule has 19 heavy (non-hydrogen) atoms. The van der Waals surface area contributed by atoms with Gasteiger partial charge in [-0.3, -0.25) is 0 Å². The molecule has 1 fully saturated rings. The molecular weight excluding hydrogens is 322 g/mol. The number of nitrogens with one attached hydrogen (secondary N) is 1. The topological polar surface area (TPSA) is 21.3 Å². The second-order valence-corrected chi connectivity index (χ2v) is 7.54. The van der Waals surface area contributed by atoms with Gasteiger partial charge in [-0.25, -0.2) is 0 Å². The van der Waals surface area contributed by atoms with Crippen LogP contribution in [-0.4, -0.2) is 25.8 Å². The van der Waals surface area contributed by atoms with Crippen molar-refractivity contribution in [1.82, 2.24) is 5.32 Å².